The molecule has 0 saturated carbocycles. The molecule has 0 aliphatic rings. The first kappa shape index (κ1) is 14.4. The maximum absolute atomic E-state index is 6.15. The van der Waals surface area contributed by atoms with Crippen LogP contribution in [0.1, 0.15) is 25.5 Å². The van der Waals surface area contributed by atoms with E-state index in [2.05, 4.69) is 12.2 Å². The van der Waals surface area contributed by atoms with Gasteiger partial charge in [0.25, 0.3) is 0 Å². The molecular weight excluding hydrogens is 257 g/mol. The lowest BCUT2D eigenvalue weighted by Crippen LogP contribution is -2.12. The Kier molecular flexibility index (Phi) is 5.83. The zero-order valence-electron chi connectivity index (χ0n) is 10.3. The minimum absolute atomic E-state index is 0.269. The zero-order chi connectivity index (χ0) is 12.8. The number of ether oxygens (including phenoxy) is 1. The molecule has 0 radical (unpaired) electrons. The van der Waals surface area contributed by atoms with Crippen LogP contribution in [-0.2, 0) is 0 Å². The van der Waals surface area contributed by atoms with Gasteiger partial charge in [-0.05, 0) is 44.2 Å². The summed E-state index contributed by atoms with van der Waals surface area (Å²) in [5, 5.41) is 3.78. The molecule has 0 aromatic heterocycles. The van der Waals surface area contributed by atoms with E-state index >= 15 is 0 Å². The summed E-state index contributed by atoms with van der Waals surface area (Å²) in [7, 11) is 1.91. The Morgan fingerprint density at radius 2 is 2.24 bits per heavy atom. The van der Waals surface area contributed by atoms with E-state index < -0.39 is 0 Å². The SMILES string of the molecule is CNC(C)c1ccc(OC/C(C)=C/Cl)c(Cl)c1. The summed E-state index contributed by atoms with van der Waals surface area (Å²) >= 11 is 11.7. The van der Waals surface area contributed by atoms with Gasteiger partial charge >= 0.3 is 0 Å². The van der Waals surface area contributed by atoms with Crippen molar-refractivity contribution in [1.29, 1.82) is 0 Å². The molecule has 94 valence electrons. The lowest BCUT2D eigenvalue weighted by molar-refractivity contribution is 0.352. The van der Waals surface area contributed by atoms with Crippen LogP contribution < -0.4 is 10.1 Å². The number of hydrogen-bond acceptors (Lipinski definition) is 2. The van der Waals surface area contributed by atoms with Crippen molar-refractivity contribution in [3.63, 3.8) is 0 Å². The molecule has 2 nitrogen and oxygen atoms in total. The van der Waals surface area contributed by atoms with Gasteiger partial charge in [-0.25, -0.2) is 0 Å². The topological polar surface area (TPSA) is 21.3 Å². The van der Waals surface area contributed by atoms with Gasteiger partial charge in [0, 0.05) is 11.6 Å². The largest absolute Gasteiger partial charge is 0.488 e. The van der Waals surface area contributed by atoms with Crippen molar-refractivity contribution in [2.45, 2.75) is 19.9 Å². The van der Waals surface area contributed by atoms with Crippen LogP contribution in [0.15, 0.2) is 29.3 Å². The normalized spacial score (nSPS) is 13.6. The molecule has 1 rings (SSSR count). The Hall–Kier alpha value is -0.700. The number of rotatable bonds is 5. The van der Waals surface area contributed by atoms with Crippen molar-refractivity contribution in [2.75, 3.05) is 13.7 Å². The summed E-state index contributed by atoms with van der Waals surface area (Å²) < 4.78 is 5.55. The van der Waals surface area contributed by atoms with E-state index in [1.807, 2.05) is 32.2 Å². The Morgan fingerprint density at radius 3 is 2.76 bits per heavy atom. The van der Waals surface area contributed by atoms with Gasteiger partial charge in [0.2, 0.25) is 0 Å². The van der Waals surface area contributed by atoms with Crippen LogP contribution in [0.3, 0.4) is 0 Å². The summed E-state index contributed by atoms with van der Waals surface area (Å²) in [5.41, 5.74) is 3.59. The summed E-state index contributed by atoms with van der Waals surface area (Å²) in [6.45, 7) is 4.43. The van der Waals surface area contributed by atoms with Crippen LogP contribution in [0.25, 0.3) is 0 Å². The van der Waals surface area contributed by atoms with Crippen LogP contribution in [0.2, 0.25) is 5.02 Å². The molecule has 0 fully saturated rings. The van der Waals surface area contributed by atoms with Gasteiger partial charge in [0.05, 0.1) is 5.02 Å². The molecule has 1 aromatic rings. The maximum atomic E-state index is 6.15. The van der Waals surface area contributed by atoms with Crippen LogP contribution in [0, 0.1) is 0 Å². The molecule has 0 aliphatic carbocycles. The first-order valence-electron chi connectivity index (χ1n) is 5.43. The zero-order valence-corrected chi connectivity index (χ0v) is 11.8. The summed E-state index contributed by atoms with van der Waals surface area (Å²) in [4.78, 5) is 0. The predicted molar refractivity (Wildman–Crippen MR) is 74.0 cm³/mol. The van der Waals surface area contributed by atoms with Gasteiger partial charge in [-0.2, -0.15) is 0 Å². The number of halogens is 2. The van der Waals surface area contributed by atoms with E-state index in [0.717, 1.165) is 11.1 Å². The Morgan fingerprint density at radius 1 is 1.53 bits per heavy atom. The number of hydrogen-bond donors (Lipinski definition) is 1. The van der Waals surface area contributed by atoms with Gasteiger partial charge in [0.1, 0.15) is 12.4 Å². The average molecular weight is 274 g/mol. The molecule has 0 spiro atoms. The van der Waals surface area contributed by atoms with E-state index in [9.17, 15) is 0 Å². The first-order valence-corrected chi connectivity index (χ1v) is 6.25. The van der Waals surface area contributed by atoms with Crippen molar-refractivity contribution in [3.8, 4) is 5.75 Å². The smallest absolute Gasteiger partial charge is 0.138 e. The fourth-order valence-corrected chi connectivity index (χ4v) is 1.60. The van der Waals surface area contributed by atoms with Gasteiger partial charge in [0.15, 0.2) is 0 Å². The van der Waals surface area contributed by atoms with Crippen molar-refractivity contribution in [2.24, 2.45) is 0 Å². The van der Waals surface area contributed by atoms with Gasteiger partial charge in [-0.1, -0.05) is 29.3 Å². The molecule has 1 N–H and O–H groups in total. The van der Waals surface area contributed by atoms with Crippen molar-refractivity contribution in [3.05, 3.63) is 39.9 Å². The predicted octanol–water partition coefficient (Wildman–Crippen LogP) is 4.14. The summed E-state index contributed by atoms with van der Waals surface area (Å²) in [6.07, 6.45) is 0. The Labute approximate surface area is 113 Å². The third-order valence-corrected chi connectivity index (χ3v) is 3.20. The lowest BCUT2D eigenvalue weighted by Gasteiger charge is -2.13. The standard InChI is InChI=1S/C13H17Cl2NO/c1-9(7-14)8-17-13-5-4-11(6-12(13)15)10(2)16-3/h4-7,10,16H,8H2,1-3H3/b9-7+. The minimum Gasteiger partial charge on any atom is -0.488 e. The van der Waals surface area contributed by atoms with Crippen LogP contribution in [0.5, 0.6) is 5.75 Å². The quantitative estimate of drug-likeness (QED) is 0.871. The average Bonchev–Trinajstić information content (AvgIpc) is 2.35. The second kappa shape index (κ2) is 6.90. The van der Waals surface area contributed by atoms with E-state index in [-0.39, 0.29) is 6.04 Å². The fourth-order valence-electron chi connectivity index (χ4n) is 1.29. The lowest BCUT2D eigenvalue weighted by atomic mass is 10.1. The van der Waals surface area contributed by atoms with Crippen molar-refractivity contribution < 1.29 is 4.74 Å². The molecule has 4 heteroatoms. The highest BCUT2D eigenvalue weighted by Gasteiger charge is 2.07. The summed E-state index contributed by atoms with van der Waals surface area (Å²) in [5.74, 6) is 0.677. The Bertz CT molecular complexity index is 404. The molecule has 1 unspecified atom stereocenters. The minimum atomic E-state index is 0.269. The molecule has 0 heterocycles. The molecule has 0 amide bonds. The molecule has 0 aliphatic heterocycles. The van der Waals surface area contributed by atoms with Crippen LogP contribution in [0.4, 0.5) is 0 Å². The Balaban J connectivity index is 2.76. The molecule has 1 aromatic carbocycles. The molecule has 1 atom stereocenters. The fraction of sp³-hybridized carbons (Fsp3) is 0.385. The van der Waals surface area contributed by atoms with E-state index in [1.54, 1.807) is 0 Å². The van der Waals surface area contributed by atoms with Crippen molar-refractivity contribution in [1.82, 2.24) is 5.32 Å². The summed E-state index contributed by atoms with van der Waals surface area (Å²) in [6, 6.07) is 6.07. The highest BCUT2D eigenvalue weighted by Crippen LogP contribution is 2.28. The van der Waals surface area contributed by atoms with Gasteiger partial charge in [-0.15, -0.1) is 0 Å². The third-order valence-electron chi connectivity index (χ3n) is 2.53. The van der Waals surface area contributed by atoms with Crippen LogP contribution >= 0.6 is 23.2 Å². The third kappa shape index (κ3) is 4.23. The first-order chi connectivity index (χ1) is 8.08. The highest BCUT2D eigenvalue weighted by molar-refractivity contribution is 6.32. The maximum Gasteiger partial charge on any atom is 0.138 e. The molecule has 0 saturated heterocycles. The molecule has 0 bridgehead atoms. The molecular formula is C13H17Cl2NO. The van der Waals surface area contributed by atoms with Gasteiger partial charge < -0.3 is 10.1 Å². The highest BCUT2D eigenvalue weighted by atomic mass is 35.5. The molecule has 17 heavy (non-hydrogen) atoms. The van der Waals surface area contributed by atoms with E-state index in [0.29, 0.717) is 17.4 Å². The van der Waals surface area contributed by atoms with Crippen molar-refractivity contribution >= 4 is 23.2 Å². The second-order valence-electron chi connectivity index (χ2n) is 3.94. The number of benzene rings is 1. The van der Waals surface area contributed by atoms with E-state index in [1.165, 1.54) is 5.54 Å². The van der Waals surface area contributed by atoms with Gasteiger partial charge in [-0.3, -0.25) is 0 Å². The second-order valence-corrected chi connectivity index (χ2v) is 4.57. The van der Waals surface area contributed by atoms with Crippen LogP contribution in [-0.4, -0.2) is 13.7 Å². The monoisotopic (exact) mass is 273 g/mol. The number of nitrogens with one attached hydrogen (secondary N) is 1. The van der Waals surface area contributed by atoms with E-state index in [4.69, 9.17) is 27.9 Å².